The highest BCUT2D eigenvalue weighted by atomic mass is 16.6. The molecule has 0 saturated carbocycles. The van der Waals surface area contributed by atoms with Gasteiger partial charge in [0.2, 0.25) is 0 Å². The Bertz CT molecular complexity index is 192. The number of carbonyl (C=O) groups excluding carboxylic acids is 1. The Morgan fingerprint density at radius 2 is 1.73 bits per heavy atom. The molecule has 4 heteroatoms. The number of ether oxygens (including phenoxy) is 2. The first-order valence-electron chi connectivity index (χ1n) is 5.05. The van der Waals surface area contributed by atoms with E-state index in [2.05, 4.69) is 13.2 Å². The summed E-state index contributed by atoms with van der Waals surface area (Å²) in [6.45, 7) is 14.1. The SMILES string of the molecule is C=C.CC(C)(C)OC(=O)N1CCOCC1. The van der Waals surface area contributed by atoms with Crippen molar-refractivity contribution < 1.29 is 14.3 Å². The summed E-state index contributed by atoms with van der Waals surface area (Å²) in [4.78, 5) is 13.1. The Balaban J connectivity index is 0.000000921. The molecule has 0 unspecified atom stereocenters. The van der Waals surface area contributed by atoms with Crippen molar-refractivity contribution in [2.24, 2.45) is 0 Å². The fraction of sp³-hybridized carbons (Fsp3) is 0.727. The zero-order chi connectivity index (χ0) is 11.9. The molecular weight excluding hydrogens is 194 g/mol. The molecule has 0 aromatic rings. The average Bonchev–Trinajstić information content (AvgIpc) is 2.20. The maximum atomic E-state index is 11.5. The topological polar surface area (TPSA) is 38.8 Å². The van der Waals surface area contributed by atoms with E-state index in [9.17, 15) is 4.79 Å². The maximum Gasteiger partial charge on any atom is 0.410 e. The van der Waals surface area contributed by atoms with Crippen molar-refractivity contribution in [2.75, 3.05) is 26.3 Å². The Hall–Kier alpha value is -1.03. The molecule has 1 rings (SSSR count). The van der Waals surface area contributed by atoms with Gasteiger partial charge >= 0.3 is 6.09 Å². The van der Waals surface area contributed by atoms with E-state index in [-0.39, 0.29) is 6.09 Å². The Morgan fingerprint density at radius 1 is 1.27 bits per heavy atom. The molecule has 0 N–H and O–H groups in total. The van der Waals surface area contributed by atoms with Crippen LogP contribution in [0.5, 0.6) is 0 Å². The van der Waals surface area contributed by atoms with Gasteiger partial charge in [-0.25, -0.2) is 4.79 Å². The Morgan fingerprint density at radius 3 is 2.13 bits per heavy atom. The molecule has 15 heavy (non-hydrogen) atoms. The lowest BCUT2D eigenvalue weighted by molar-refractivity contribution is -0.00676. The lowest BCUT2D eigenvalue weighted by Gasteiger charge is -2.29. The number of nitrogens with zero attached hydrogens (tertiary/aromatic N) is 1. The van der Waals surface area contributed by atoms with Crippen molar-refractivity contribution in [3.05, 3.63) is 13.2 Å². The molecule has 1 saturated heterocycles. The van der Waals surface area contributed by atoms with E-state index in [0.29, 0.717) is 26.3 Å². The molecule has 0 spiro atoms. The predicted molar refractivity (Wildman–Crippen MR) is 59.9 cm³/mol. The molecule has 1 amide bonds. The second kappa shape index (κ2) is 6.45. The first-order valence-corrected chi connectivity index (χ1v) is 5.05. The second-order valence-corrected chi connectivity index (χ2v) is 4.08. The van der Waals surface area contributed by atoms with Crippen molar-refractivity contribution in [2.45, 2.75) is 26.4 Å². The summed E-state index contributed by atoms with van der Waals surface area (Å²) in [6.07, 6.45) is -0.240. The molecule has 4 nitrogen and oxygen atoms in total. The minimum Gasteiger partial charge on any atom is -0.444 e. The van der Waals surface area contributed by atoms with Gasteiger partial charge in [-0.1, -0.05) is 0 Å². The molecule has 1 heterocycles. The quantitative estimate of drug-likeness (QED) is 0.580. The highest BCUT2D eigenvalue weighted by Crippen LogP contribution is 2.10. The lowest BCUT2D eigenvalue weighted by atomic mass is 10.2. The predicted octanol–water partition coefficient (Wildman–Crippen LogP) is 2.06. The summed E-state index contributed by atoms with van der Waals surface area (Å²) in [6, 6.07) is 0. The van der Waals surface area contributed by atoms with E-state index in [0.717, 1.165) is 0 Å². The molecule has 0 radical (unpaired) electrons. The molecular formula is C11H21NO3. The molecule has 88 valence electrons. The van der Waals surface area contributed by atoms with Crippen LogP contribution in [0.25, 0.3) is 0 Å². The minimum atomic E-state index is -0.407. The summed E-state index contributed by atoms with van der Waals surface area (Å²) < 4.78 is 10.3. The van der Waals surface area contributed by atoms with Gasteiger partial charge in [-0.05, 0) is 20.8 Å². The summed E-state index contributed by atoms with van der Waals surface area (Å²) in [5, 5.41) is 0. The second-order valence-electron chi connectivity index (χ2n) is 4.08. The molecule has 1 aliphatic rings. The first kappa shape index (κ1) is 14.0. The van der Waals surface area contributed by atoms with Gasteiger partial charge in [0.05, 0.1) is 13.2 Å². The zero-order valence-electron chi connectivity index (χ0n) is 9.91. The van der Waals surface area contributed by atoms with E-state index < -0.39 is 5.60 Å². The van der Waals surface area contributed by atoms with Crippen LogP contribution >= 0.6 is 0 Å². The highest BCUT2D eigenvalue weighted by molar-refractivity contribution is 5.68. The van der Waals surface area contributed by atoms with Crippen LogP contribution in [0.4, 0.5) is 4.79 Å². The number of hydrogen-bond acceptors (Lipinski definition) is 3. The molecule has 0 aromatic carbocycles. The van der Waals surface area contributed by atoms with Gasteiger partial charge in [-0.3, -0.25) is 0 Å². The van der Waals surface area contributed by atoms with Crippen molar-refractivity contribution in [1.29, 1.82) is 0 Å². The summed E-state index contributed by atoms with van der Waals surface area (Å²) in [5.74, 6) is 0. The number of carbonyl (C=O) groups is 1. The normalized spacial score (nSPS) is 16.3. The van der Waals surface area contributed by atoms with Gasteiger partial charge in [0.1, 0.15) is 5.60 Å². The molecule has 0 atom stereocenters. The fourth-order valence-corrected chi connectivity index (χ4v) is 1.07. The number of hydrogen-bond donors (Lipinski definition) is 0. The van der Waals surface area contributed by atoms with Gasteiger partial charge in [0, 0.05) is 13.1 Å². The van der Waals surface area contributed by atoms with Crippen LogP contribution in [0.3, 0.4) is 0 Å². The summed E-state index contributed by atoms with van der Waals surface area (Å²) in [5.41, 5.74) is -0.407. The van der Waals surface area contributed by atoms with E-state index in [1.165, 1.54) is 0 Å². The maximum absolute atomic E-state index is 11.5. The lowest BCUT2D eigenvalue weighted by Crippen LogP contribution is -2.43. The Kier molecular flexibility index (Phi) is 6.01. The van der Waals surface area contributed by atoms with E-state index in [1.54, 1.807) is 4.90 Å². The highest BCUT2D eigenvalue weighted by Gasteiger charge is 2.23. The largest absolute Gasteiger partial charge is 0.444 e. The van der Waals surface area contributed by atoms with Crippen molar-refractivity contribution in [3.8, 4) is 0 Å². The van der Waals surface area contributed by atoms with Crippen molar-refractivity contribution in [1.82, 2.24) is 4.90 Å². The third-order valence-electron chi connectivity index (χ3n) is 1.66. The van der Waals surface area contributed by atoms with Crippen LogP contribution in [0.1, 0.15) is 20.8 Å². The van der Waals surface area contributed by atoms with E-state index in [4.69, 9.17) is 9.47 Å². The van der Waals surface area contributed by atoms with Gasteiger partial charge in [0.15, 0.2) is 0 Å². The van der Waals surface area contributed by atoms with Crippen molar-refractivity contribution >= 4 is 6.09 Å². The van der Waals surface area contributed by atoms with Gasteiger partial charge < -0.3 is 14.4 Å². The minimum absolute atomic E-state index is 0.240. The van der Waals surface area contributed by atoms with Crippen LogP contribution in [0, 0.1) is 0 Å². The smallest absolute Gasteiger partial charge is 0.410 e. The number of amides is 1. The number of morpholine rings is 1. The van der Waals surface area contributed by atoms with Crippen LogP contribution < -0.4 is 0 Å². The third kappa shape index (κ3) is 6.12. The third-order valence-corrected chi connectivity index (χ3v) is 1.66. The van der Waals surface area contributed by atoms with Crippen molar-refractivity contribution in [3.63, 3.8) is 0 Å². The Labute approximate surface area is 91.8 Å². The molecule has 0 bridgehead atoms. The van der Waals surface area contributed by atoms with Crippen LogP contribution in [0.15, 0.2) is 13.2 Å². The molecule has 0 aromatic heterocycles. The molecule has 1 fully saturated rings. The van der Waals surface area contributed by atoms with Gasteiger partial charge in [0.25, 0.3) is 0 Å². The molecule has 0 aliphatic carbocycles. The summed E-state index contributed by atoms with van der Waals surface area (Å²) >= 11 is 0. The van der Waals surface area contributed by atoms with E-state index >= 15 is 0 Å². The first-order chi connectivity index (χ1) is 6.99. The number of rotatable bonds is 0. The van der Waals surface area contributed by atoms with Crippen LogP contribution in [-0.4, -0.2) is 42.9 Å². The van der Waals surface area contributed by atoms with Crippen LogP contribution in [0.2, 0.25) is 0 Å². The van der Waals surface area contributed by atoms with Crippen LogP contribution in [-0.2, 0) is 9.47 Å². The monoisotopic (exact) mass is 215 g/mol. The standard InChI is InChI=1S/C9H17NO3.C2H4/c1-9(2,3)13-8(11)10-4-6-12-7-5-10;1-2/h4-7H2,1-3H3;1-2H2. The zero-order valence-corrected chi connectivity index (χ0v) is 9.91. The average molecular weight is 215 g/mol. The summed E-state index contributed by atoms with van der Waals surface area (Å²) in [7, 11) is 0. The molecule has 1 aliphatic heterocycles. The van der Waals surface area contributed by atoms with E-state index in [1.807, 2.05) is 20.8 Å². The fourth-order valence-electron chi connectivity index (χ4n) is 1.07. The van der Waals surface area contributed by atoms with Gasteiger partial charge in [-0.15, -0.1) is 13.2 Å². The van der Waals surface area contributed by atoms with Gasteiger partial charge in [-0.2, -0.15) is 0 Å².